The van der Waals surface area contributed by atoms with Crippen LogP contribution in [-0.4, -0.2) is 5.11 Å². The average Bonchev–Trinajstić information content (AvgIpc) is 2.32. The monoisotopic (exact) mass is 212 g/mol. The van der Waals surface area contributed by atoms with E-state index < -0.39 is 0 Å². The average molecular weight is 212 g/mol. The lowest BCUT2D eigenvalue weighted by Crippen LogP contribution is -1.96. The quantitative estimate of drug-likeness (QED) is 0.801. The maximum Gasteiger partial charge on any atom is 0.119 e. The van der Waals surface area contributed by atoms with E-state index in [1.54, 1.807) is 6.07 Å². The fourth-order valence-electron chi connectivity index (χ4n) is 1.94. The Labute approximate surface area is 96.4 Å². The molecule has 0 heterocycles. The van der Waals surface area contributed by atoms with E-state index in [0.717, 1.165) is 5.56 Å². The Kier molecular flexibility index (Phi) is 2.95. The maximum absolute atomic E-state index is 9.87. The summed E-state index contributed by atoms with van der Waals surface area (Å²) >= 11 is 0. The first-order valence-corrected chi connectivity index (χ1v) is 5.53. The SMILES string of the molecule is Cc1ccc(O)c([C@H](C)c2ccccc2)c1. The van der Waals surface area contributed by atoms with Crippen molar-refractivity contribution >= 4 is 0 Å². The molecule has 0 spiro atoms. The van der Waals surface area contributed by atoms with Crippen molar-refractivity contribution in [3.05, 3.63) is 65.2 Å². The summed E-state index contributed by atoms with van der Waals surface area (Å²) < 4.78 is 0. The highest BCUT2D eigenvalue weighted by atomic mass is 16.3. The molecule has 0 aliphatic carbocycles. The normalized spacial score (nSPS) is 12.4. The molecule has 1 nitrogen and oxygen atoms in total. The van der Waals surface area contributed by atoms with Crippen LogP contribution in [0.15, 0.2) is 48.5 Å². The molecule has 0 amide bonds. The molecule has 0 aliphatic rings. The predicted molar refractivity (Wildman–Crippen MR) is 66.8 cm³/mol. The lowest BCUT2D eigenvalue weighted by atomic mass is 9.91. The van der Waals surface area contributed by atoms with Crippen molar-refractivity contribution in [1.29, 1.82) is 0 Å². The van der Waals surface area contributed by atoms with Crippen LogP contribution >= 0.6 is 0 Å². The maximum atomic E-state index is 9.87. The van der Waals surface area contributed by atoms with E-state index in [2.05, 4.69) is 19.1 Å². The van der Waals surface area contributed by atoms with Gasteiger partial charge in [0, 0.05) is 11.5 Å². The molecule has 0 saturated heterocycles. The standard InChI is InChI=1S/C15H16O/c1-11-8-9-15(16)14(10-11)12(2)13-6-4-3-5-7-13/h3-10,12,16H,1-2H3/t12-/m1/s1. The van der Waals surface area contributed by atoms with Crippen LogP contribution in [0.3, 0.4) is 0 Å². The Balaban J connectivity index is 2.41. The zero-order valence-corrected chi connectivity index (χ0v) is 9.64. The van der Waals surface area contributed by atoms with Crippen molar-refractivity contribution in [3.63, 3.8) is 0 Å². The number of phenols is 1. The van der Waals surface area contributed by atoms with Gasteiger partial charge in [0.15, 0.2) is 0 Å². The van der Waals surface area contributed by atoms with Crippen LogP contribution < -0.4 is 0 Å². The minimum atomic E-state index is 0.223. The largest absolute Gasteiger partial charge is 0.508 e. The molecule has 0 aliphatic heterocycles. The zero-order valence-electron chi connectivity index (χ0n) is 9.64. The first-order chi connectivity index (χ1) is 7.68. The third-order valence-electron chi connectivity index (χ3n) is 2.95. The van der Waals surface area contributed by atoms with E-state index in [0.29, 0.717) is 5.75 Å². The Bertz CT molecular complexity index is 474. The number of aryl methyl sites for hydroxylation is 1. The van der Waals surface area contributed by atoms with Crippen molar-refractivity contribution in [2.45, 2.75) is 19.8 Å². The van der Waals surface area contributed by atoms with E-state index in [9.17, 15) is 5.11 Å². The Morgan fingerprint density at radius 2 is 1.69 bits per heavy atom. The number of benzene rings is 2. The van der Waals surface area contributed by atoms with Crippen molar-refractivity contribution in [2.75, 3.05) is 0 Å². The summed E-state index contributed by atoms with van der Waals surface area (Å²) in [6, 6.07) is 16.0. The summed E-state index contributed by atoms with van der Waals surface area (Å²) in [4.78, 5) is 0. The summed E-state index contributed by atoms with van der Waals surface area (Å²) in [7, 11) is 0. The van der Waals surface area contributed by atoms with E-state index in [4.69, 9.17) is 0 Å². The topological polar surface area (TPSA) is 20.2 Å². The van der Waals surface area contributed by atoms with Crippen molar-refractivity contribution < 1.29 is 5.11 Å². The van der Waals surface area contributed by atoms with Gasteiger partial charge in [-0.2, -0.15) is 0 Å². The Hall–Kier alpha value is -1.76. The second-order valence-electron chi connectivity index (χ2n) is 4.19. The summed E-state index contributed by atoms with van der Waals surface area (Å²) in [6.45, 7) is 4.16. The number of aromatic hydroxyl groups is 1. The van der Waals surface area contributed by atoms with Gasteiger partial charge in [-0.1, -0.05) is 55.0 Å². The van der Waals surface area contributed by atoms with Gasteiger partial charge in [-0.15, -0.1) is 0 Å². The molecule has 0 fully saturated rings. The van der Waals surface area contributed by atoms with Gasteiger partial charge in [0.25, 0.3) is 0 Å². The van der Waals surface area contributed by atoms with Crippen LogP contribution in [0.1, 0.15) is 29.5 Å². The number of hydrogen-bond acceptors (Lipinski definition) is 1. The van der Waals surface area contributed by atoms with Gasteiger partial charge in [0.05, 0.1) is 0 Å². The first-order valence-electron chi connectivity index (χ1n) is 5.53. The molecule has 2 aromatic carbocycles. The Morgan fingerprint density at radius 1 is 1.00 bits per heavy atom. The highest BCUT2D eigenvalue weighted by molar-refractivity contribution is 5.42. The van der Waals surface area contributed by atoms with Crippen LogP contribution in [0, 0.1) is 6.92 Å². The molecular formula is C15H16O. The van der Waals surface area contributed by atoms with Crippen LogP contribution in [0.4, 0.5) is 0 Å². The molecule has 0 bridgehead atoms. The molecule has 82 valence electrons. The summed E-state index contributed by atoms with van der Waals surface area (Å²) in [5.74, 6) is 0.600. The van der Waals surface area contributed by atoms with Gasteiger partial charge < -0.3 is 5.11 Å². The van der Waals surface area contributed by atoms with Gasteiger partial charge in [-0.25, -0.2) is 0 Å². The molecule has 2 aromatic rings. The van der Waals surface area contributed by atoms with Crippen molar-refractivity contribution in [3.8, 4) is 5.75 Å². The second kappa shape index (κ2) is 4.40. The zero-order chi connectivity index (χ0) is 11.5. The summed E-state index contributed by atoms with van der Waals surface area (Å²) in [6.07, 6.45) is 0. The number of phenolic OH excluding ortho intramolecular Hbond substituents is 1. The first kappa shape index (κ1) is 10.7. The lowest BCUT2D eigenvalue weighted by Gasteiger charge is -2.14. The van der Waals surface area contributed by atoms with E-state index in [-0.39, 0.29) is 5.92 Å². The molecule has 1 heteroatoms. The molecule has 0 saturated carbocycles. The fourth-order valence-corrected chi connectivity index (χ4v) is 1.94. The van der Waals surface area contributed by atoms with E-state index >= 15 is 0 Å². The van der Waals surface area contributed by atoms with Crippen LogP contribution in [0.2, 0.25) is 0 Å². The van der Waals surface area contributed by atoms with E-state index in [1.807, 2.05) is 37.3 Å². The highest BCUT2D eigenvalue weighted by Gasteiger charge is 2.12. The van der Waals surface area contributed by atoms with Gasteiger partial charge in [0.2, 0.25) is 0 Å². The van der Waals surface area contributed by atoms with Crippen molar-refractivity contribution in [2.24, 2.45) is 0 Å². The number of rotatable bonds is 2. The highest BCUT2D eigenvalue weighted by Crippen LogP contribution is 2.31. The van der Waals surface area contributed by atoms with Crippen LogP contribution in [-0.2, 0) is 0 Å². The Morgan fingerprint density at radius 3 is 2.38 bits per heavy atom. The third-order valence-corrected chi connectivity index (χ3v) is 2.95. The van der Waals surface area contributed by atoms with Crippen LogP contribution in [0.25, 0.3) is 0 Å². The third kappa shape index (κ3) is 2.08. The summed E-state index contributed by atoms with van der Waals surface area (Å²) in [5.41, 5.74) is 3.39. The predicted octanol–water partition coefficient (Wildman–Crippen LogP) is 3.85. The fraction of sp³-hybridized carbons (Fsp3) is 0.200. The molecule has 1 atom stereocenters. The lowest BCUT2D eigenvalue weighted by molar-refractivity contribution is 0.466. The molecule has 16 heavy (non-hydrogen) atoms. The number of hydrogen-bond donors (Lipinski definition) is 1. The van der Waals surface area contributed by atoms with Gasteiger partial charge in [-0.3, -0.25) is 0 Å². The molecule has 0 aromatic heterocycles. The molecule has 2 rings (SSSR count). The van der Waals surface area contributed by atoms with Crippen LogP contribution in [0.5, 0.6) is 5.75 Å². The molecule has 0 unspecified atom stereocenters. The van der Waals surface area contributed by atoms with Crippen molar-refractivity contribution in [1.82, 2.24) is 0 Å². The van der Waals surface area contributed by atoms with Gasteiger partial charge in [-0.05, 0) is 18.6 Å². The van der Waals surface area contributed by atoms with E-state index in [1.165, 1.54) is 11.1 Å². The second-order valence-corrected chi connectivity index (χ2v) is 4.19. The minimum Gasteiger partial charge on any atom is -0.508 e. The minimum absolute atomic E-state index is 0.223. The smallest absolute Gasteiger partial charge is 0.119 e. The van der Waals surface area contributed by atoms with Gasteiger partial charge >= 0.3 is 0 Å². The molecular weight excluding hydrogens is 196 g/mol. The molecule has 0 radical (unpaired) electrons. The molecule has 1 N–H and O–H groups in total. The van der Waals surface area contributed by atoms with Gasteiger partial charge in [0.1, 0.15) is 5.75 Å². The summed E-state index contributed by atoms with van der Waals surface area (Å²) in [5, 5.41) is 9.87.